The molecule has 1 aromatic heterocycles. The average molecular weight is 388 g/mol. The van der Waals surface area contributed by atoms with E-state index in [-0.39, 0.29) is 30.0 Å². The SMILES string of the molecule is Cn1cc([C@H]2CNC[C@@H]2C(=O)NCCS(=O)(=O)N2CCSCC2)cn1. The summed E-state index contributed by atoms with van der Waals surface area (Å²) in [5.41, 5.74) is 1.03. The number of aromatic nitrogens is 2. The van der Waals surface area contributed by atoms with Gasteiger partial charge in [0, 0.05) is 63.4 Å². The van der Waals surface area contributed by atoms with Crippen molar-refractivity contribution in [2.24, 2.45) is 13.0 Å². The quantitative estimate of drug-likeness (QED) is 0.665. The smallest absolute Gasteiger partial charge is 0.225 e. The maximum absolute atomic E-state index is 12.5. The molecule has 0 unspecified atom stereocenters. The summed E-state index contributed by atoms with van der Waals surface area (Å²) in [6.07, 6.45) is 3.72. The molecule has 0 spiro atoms. The first-order valence-electron chi connectivity index (χ1n) is 8.50. The third-order valence-corrected chi connectivity index (χ3v) is 7.54. The monoisotopic (exact) mass is 387 g/mol. The predicted octanol–water partition coefficient (Wildman–Crippen LogP) is -0.782. The van der Waals surface area contributed by atoms with Crippen LogP contribution in [-0.2, 0) is 21.9 Å². The summed E-state index contributed by atoms with van der Waals surface area (Å²) >= 11 is 1.77. The van der Waals surface area contributed by atoms with Gasteiger partial charge in [0.1, 0.15) is 0 Å². The van der Waals surface area contributed by atoms with Crippen LogP contribution >= 0.6 is 11.8 Å². The van der Waals surface area contributed by atoms with Crippen molar-refractivity contribution in [3.8, 4) is 0 Å². The van der Waals surface area contributed by atoms with Crippen LogP contribution in [0.4, 0.5) is 0 Å². The zero-order valence-electron chi connectivity index (χ0n) is 14.3. The van der Waals surface area contributed by atoms with Crippen molar-refractivity contribution < 1.29 is 13.2 Å². The molecule has 0 aromatic carbocycles. The van der Waals surface area contributed by atoms with Gasteiger partial charge >= 0.3 is 0 Å². The molecule has 1 amide bonds. The Labute approximate surface area is 152 Å². The van der Waals surface area contributed by atoms with E-state index in [1.807, 2.05) is 13.2 Å². The molecular weight excluding hydrogens is 362 g/mol. The molecule has 3 heterocycles. The van der Waals surface area contributed by atoms with Crippen molar-refractivity contribution in [1.82, 2.24) is 24.7 Å². The molecule has 2 saturated heterocycles. The standard InChI is InChI=1S/C15H25N5O3S2/c1-19-11-12(8-18-19)13-9-16-10-14(13)15(21)17-2-7-25(22,23)20-3-5-24-6-4-20/h8,11,13-14,16H,2-7,9-10H2,1H3,(H,17,21)/t13-,14+/m1/s1. The molecule has 1 aromatic rings. The third kappa shape index (κ3) is 4.55. The Morgan fingerprint density at radius 3 is 2.84 bits per heavy atom. The van der Waals surface area contributed by atoms with Crippen LogP contribution in [0.3, 0.4) is 0 Å². The Kier molecular flexibility index (Phi) is 6.03. The summed E-state index contributed by atoms with van der Waals surface area (Å²) in [4.78, 5) is 12.5. The summed E-state index contributed by atoms with van der Waals surface area (Å²) in [5.74, 6) is 1.42. The lowest BCUT2D eigenvalue weighted by molar-refractivity contribution is -0.124. The van der Waals surface area contributed by atoms with E-state index in [1.165, 1.54) is 4.31 Å². The summed E-state index contributed by atoms with van der Waals surface area (Å²) < 4.78 is 27.9. The lowest BCUT2D eigenvalue weighted by Gasteiger charge is -2.25. The van der Waals surface area contributed by atoms with Crippen molar-refractivity contribution in [2.75, 3.05) is 50.0 Å². The van der Waals surface area contributed by atoms with E-state index in [4.69, 9.17) is 0 Å². The van der Waals surface area contributed by atoms with E-state index >= 15 is 0 Å². The van der Waals surface area contributed by atoms with Gasteiger partial charge in [0.05, 0.1) is 17.9 Å². The van der Waals surface area contributed by atoms with Gasteiger partial charge in [-0.2, -0.15) is 16.9 Å². The summed E-state index contributed by atoms with van der Waals surface area (Å²) in [6.45, 7) is 2.61. The van der Waals surface area contributed by atoms with Gasteiger partial charge in [0.15, 0.2) is 0 Å². The topological polar surface area (TPSA) is 96.3 Å². The van der Waals surface area contributed by atoms with E-state index in [9.17, 15) is 13.2 Å². The minimum absolute atomic E-state index is 0.0406. The van der Waals surface area contributed by atoms with Crippen molar-refractivity contribution in [3.63, 3.8) is 0 Å². The average Bonchev–Trinajstić information content (AvgIpc) is 3.24. The zero-order chi connectivity index (χ0) is 17.9. The fraction of sp³-hybridized carbons (Fsp3) is 0.733. The van der Waals surface area contributed by atoms with Gasteiger partial charge in [0.2, 0.25) is 15.9 Å². The van der Waals surface area contributed by atoms with E-state index in [0.29, 0.717) is 19.6 Å². The van der Waals surface area contributed by atoms with Crippen LogP contribution in [0, 0.1) is 5.92 Å². The van der Waals surface area contributed by atoms with Crippen LogP contribution in [0.2, 0.25) is 0 Å². The van der Waals surface area contributed by atoms with Crippen LogP contribution in [0.25, 0.3) is 0 Å². The number of aryl methyl sites for hydroxylation is 1. The largest absolute Gasteiger partial charge is 0.355 e. The molecule has 0 radical (unpaired) electrons. The van der Waals surface area contributed by atoms with Crippen LogP contribution < -0.4 is 10.6 Å². The third-order valence-electron chi connectivity index (χ3n) is 4.73. The summed E-state index contributed by atoms with van der Waals surface area (Å²) in [5, 5.41) is 10.2. The minimum Gasteiger partial charge on any atom is -0.355 e. The molecular formula is C15H25N5O3S2. The highest BCUT2D eigenvalue weighted by molar-refractivity contribution is 7.99. The van der Waals surface area contributed by atoms with Crippen molar-refractivity contribution >= 4 is 27.7 Å². The molecule has 2 aliphatic rings. The summed E-state index contributed by atoms with van der Waals surface area (Å²) in [6, 6.07) is 0. The number of amides is 1. The van der Waals surface area contributed by atoms with Crippen LogP contribution in [0.1, 0.15) is 11.5 Å². The van der Waals surface area contributed by atoms with Gasteiger partial charge in [-0.1, -0.05) is 0 Å². The van der Waals surface area contributed by atoms with E-state index in [0.717, 1.165) is 23.6 Å². The van der Waals surface area contributed by atoms with Gasteiger partial charge < -0.3 is 10.6 Å². The Morgan fingerprint density at radius 1 is 1.40 bits per heavy atom. The number of carbonyl (C=O) groups is 1. The van der Waals surface area contributed by atoms with Gasteiger partial charge in [-0.25, -0.2) is 12.7 Å². The highest BCUT2D eigenvalue weighted by Crippen LogP contribution is 2.27. The normalized spacial score (nSPS) is 25.2. The molecule has 2 N–H and O–H groups in total. The second-order valence-electron chi connectivity index (χ2n) is 6.44. The predicted molar refractivity (Wildman–Crippen MR) is 98.0 cm³/mol. The van der Waals surface area contributed by atoms with Gasteiger partial charge in [-0.05, 0) is 5.56 Å². The van der Waals surface area contributed by atoms with Crippen LogP contribution in [0.15, 0.2) is 12.4 Å². The minimum atomic E-state index is -3.29. The second-order valence-corrected chi connectivity index (χ2v) is 9.75. The number of nitrogens with one attached hydrogen (secondary N) is 2. The van der Waals surface area contributed by atoms with E-state index < -0.39 is 10.0 Å². The Bertz CT molecular complexity index is 700. The molecule has 0 saturated carbocycles. The number of thioether (sulfide) groups is 1. The van der Waals surface area contributed by atoms with Gasteiger partial charge in [-0.15, -0.1) is 0 Å². The number of hydrogen-bond acceptors (Lipinski definition) is 6. The highest BCUT2D eigenvalue weighted by atomic mass is 32.2. The van der Waals surface area contributed by atoms with Crippen LogP contribution in [-0.4, -0.2) is 78.4 Å². The lowest BCUT2D eigenvalue weighted by atomic mass is 9.90. The molecule has 0 aliphatic carbocycles. The Hall–Kier alpha value is -1.10. The van der Waals surface area contributed by atoms with E-state index in [2.05, 4.69) is 15.7 Å². The fourth-order valence-corrected chi connectivity index (χ4v) is 5.82. The van der Waals surface area contributed by atoms with Crippen molar-refractivity contribution in [3.05, 3.63) is 18.0 Å². The number of sulfonamides is 1. The van der Waals surface area contributed by atoms with Crippen molar-refractivity contribution in [1.29, 1.82) is 0 Å². The van der Waals surface area contributed by atoms with Gasteiger partial charge in [0.25, 0.3) is 0 Å². The Morgan fingerprint density at radius 2 is 2.16 bits per heavy atom. The highest BCUT2D eigenvalue weighted by Gasteiger charge is 2.34. The molecule has 0 bridgehead atoms. The number of nitrogens with zero attached hydrogens (tertiary/aromatic N) is 3. The fourth-order valence-electron chi connectivity index (χ4n) is 3.32. The molecule has 3 rings (SSSR count). The second kappa shape index (κ2) is 8.07. The molecule has 2 aliphatic heterocycles. The first-order chi connectivity index (χ1) is 12.0. The number of hydrogen-bond donors (Lipinski definition) is 2. The van der Waals surface area contributed by atoms with Crippen LogP contribution in [0.5, 0.6) is 0 Å². The maximum atomic E-state index is 12.5. The maximum Gasteiger partial charge on any atom is 0.225 e. The molecule has 25 heavy (non-hydrogen) atoms. The molecule has 2 atom stereocenters. The number of carbonyl (C=O) groups excluding carboxylic acids is 1. The summed E-state index contributed by atoms with van der Waals surface area (Å²) in [7, 11) is -1.44. The molecule has 2 fully saturated rings. The zero-order valence-corrected chi connectivity index (χ0v) is 16.0. The first kappa shape index (κ1) is 18.7. The Balaban J connectivity index is 1.51. The van der Waals surface area contributed by atoms with E-state index in [1.54, 1.807) is 22.6 Å². The molecule has 8 nitrogen and oxygen atoms in total. The lowest BCUT2D eigenvalue weighted by Crippen LogP contribution is -2.43. The molecule has 10 heteroatoms. The molecule has 140 valence electrons. The van der Waals surface area contributed by atoms with Gasteiger partial charge in [-0.3, -0.25) is 9.48 Å². The van der Waals surface area contributed by atoms with Crippen molar-refractivity contribution in [2.45, 2.75) is 5.92 Å². The number of rotatable bonds is 6. The first-order valence-corrected chi connectivity index (χ1v) is 11.3.